The van der Waals surface area contributed by atoms with Crippen molar-refractivity contribution in [2.24, 2.45) is 0 Å². The van der Waals surface area contributed by atoms with Crippen LogP contribution in [0.1, 0.15) is 6.92 Å². The van der Waals surface area contributed by atoms with Gasteiger partial charge in [-0.1, -0.05) is 0 Å². The van der Waals surface area contributed by atoms with Gasteiger partial charge in [0.05, 0.1) is 5.69 Å². The van der Waals surface area contributed by atoms with Gasteiger partial charge in [-0.15, -0.1) is 0 Å². The van der Waals surface area contributed by atoms with E-state index in [1.807, 2.05) is 6.92 Å². The van der Waals surface area contributed by atoms with Crippen molar-refractivity contribution in [3.63, 3.8) is 0 Å². The third kappa shape index (κ3) is 1.98. The average molecular weight is 255 g/mol. The lowest BCUT2D eigenvalue weighted by atomic mass is 10.2. The summed E-state index contributed by atoms with van der Waals surface area (Å²) in [6.07, 6.45) is 0. The van der Waals surface area contributed by atoms with Gasteiger partial charge in [-0.25, -0.2) is 8.42 Å². The van der Waals surface area contributed by atoms with Crippen LogP contribution >= 0.6 is 0 Å². The molecule has 0 radical (unpaired) electrons. The molecule has 0 spiro atoms. The van der Waals surface area contributed by atoms with Crippen molar-refractivity contribution in [2.75, 3.05) is 37.3 Å². The van der Waals surface area contributed by atoms with Crippen molar-refractivity contribution in [2.45, 2.75) is 11.8 Å². The number of likely N-dealkylation sites (N-methyl/N-ethyl adjacent to an activating group) is 2. The predicted molar refractivity (Wildman–Crippen MR) is 68.6 cm³/mol. The Morgan fingerprint density at radius 2 is 2.06 bits per heavy atom. The van der Waals surface area contributed by atoms with Crippen LogP contribution in [0.15, 0.2) is 23.1 Å². The topological polar surface area (TPSA) is 66.6 Å². The molecule has 1 heterocycles. The lowest BCUT2D eigenvalue weighted by Crippen LogP contribution is -2.31. The molecule has 0 atom stereocenters. The van der Waals surface area contributed by atoms with Crippen LogP contribution in [0.3, 0.4) is 0 Å². The zero-order valence-electron chi connectivity index (χ0n) is 10.0. The molecule has 17 heavy (non-hydrogen) atoms. The van der Waals surface area contributed by atoms with Crippen molar-refractivity contribution in [3.05, 3.63) is 18.2 Å². The van der Waals surface area contributed by atoms with E-state index >= 15 is 0 Å². The van der Waals surface area contributed by atoms with Crippen LogP contribution in [0, 0.1) is 0 Å². The van der Waals surface area contributed by atoms with E-state index in [2.05, 4.69) is 4.90 Å². The maximum absolute atomic E-state index is 12.3. The summed E-state index contributed by atoms with van der Waals surface area (Å²) >= 11 is 0. The average Bonchev–Trinajstić information content (AvgIpc) is 2.38. The van der Waals surface area contributed by atoms with E-state index in [1.165, 1.54) is 10.4 Å². The molecule has 94 valence electrons. The molecule has 0 unspecified atom stereocenters. The van der Waals surface area contributed by atoms with E-state index in [4.69, 9.17) is 5.73 Å². The third-order valence-corrected chi connectivity index (χ3v) is 4.97. The predicted octanol–water partition coefficient (Wildman–Crippen LogP) is 0.729. The molecule has 2 rings (SSSR count). The normalized spacial score (nSPS) is 19.8. The molecule has 1 aliphatic heterocycles. The van der Waals surface area contributed by atoms with E-state index < -0.39 is 10.0 Å². The molecule has 0 fully saturated rings. The van der Waals surface area contributed by atoms with Crippen LogP contribution in [0.5, 0.6) is 0 Å². The Bertz CT molecular complexity index is 528. The highest BCUT2D eigenvalue weighted by atomic mass is 32.2. The number of sulfonamides is 1. The van der Waals surface area contributed by atoms with E-state index in [9.17, 15) is 8.42 Å². The Labute approximate surface area is 102 Å². The molecule has 5 nitrogen and oxygen atoms in total. The van der Waals surface area contributed by atoms with Crippen LogP contribution in [-0.2, 0) is 10.0 Å². The fraction of sp³-hybridized carbons (Fsp3) is 0.455. The number of hydrogen-bond donors (Lipinski definition) is 1. The maximum atomic E-state index is 12.3. The Morgan fingerprint density at radius 3 is 2.71 bits per heavy atom. The Kier molecular flexibility index (Phi) is 3.01. The maximum Gasteiger partial charge on any atom is 0.245 e. The highest BCUT2D eigenvalue weighted by molar-refractivity contribution is 7.89. The summed E-state index contributed by atoms with van der Waals surface area (Å²) in [5.41, 5.74) is 6.90. The van der Waals surface area contributed by atoms with Gasteiger partial charge in [-0.05, 0) is 25.1 Å². The Morgan fingerprint density at radius 1 is 1.35 bits per heavy atom. The second kappa shape index (κ2) is 4.19. The largest absolute Gasteiger partial charge is 0.399 e. The number of fused-ring (bicyclic) bond motifs is 1. The molecule has 0 aromatic heterocycles. The van der Waals surface area contributed by atoms with Crippen molar-refractivity contribution in [1.29, 1.82) is 0 Å². The van der Waals surface area contributed by atoms with Crippen molar-refractivity contribution >= 4 is 21.4 Å². The first kappa shape index (κ1) is 12.2. The zero-order valence-corrected chi connectivity index (χ0v) is 10.9. The van der Waals surface area contributed by atoms with Crippen LogP contribution in [0.4, 0.5) is 11.4 Å². The summed E-state index contributed by atoms with van der Waals surface area (Å²) in [5.74, 6) is 0. The van der Waals surface area contributed by atoms with E-state index in [-0.39, 0.29) is 0 Å². The molecule has 0 amide bonds. The Balaban J connectivity index is 2.68. The first-order valence-electron chi connectivity index (χ1n) is 5.57. The number of nitrogens with two attached hydrogens (primary N) is 1. The fourth-order valence-electron chi connectivity index (χ4n) is 2.00. The summed E-state index contributed by atoms with van der Waals surface area (Å²) in [4.78, 5) is 2.36. The van der Waals surface area contributed by atoms with Crippen LogP contribution in [-0.4, -0.2) is 39.4 Å². The summed E-state index contributed by atoms with van der Waals surface area (Å²) in [6, 6.07) is 5.06. The molecular weight excluding hydrogens is 238 g/mol. The lowest BCUT2D eigenvalue weighted by Gasteiger charge is -2.21. The molecule has 0 aliphatic carbocycles. The van der Waals surface area contributed by atoms with Gasteiger partial charge in [0, 0.05) is 32.4 Å². The van der Waals surface area contributed by atoms with Crippen molar-refractivity contribution in [3.8, 4) is 0 Å². The number of anilines is 2. The molecule has 0 bridgehead atoms. The fourth-order valence-corrected chi connectivity index (χ4v) is 3.40. The van der Waals surface area contributed by atoms with Gasteiger partial charge < -0.3 is 10.6 Å². The van der Waals surface area contributed by atoms with Gasteiger partial charge in [0.1, 0.15) is 4.90 Å². The number of benzene rings is 1. The van der Waals surface area contributed by atoms with Gasteiger partial charge in [-0.3, -0.25) is 0 Å². The molecule has 6 heteroatoms. The summed E-state index contributed by atoms with van der Waals surface area (Å²) < 4.78 is 25.9. The Hall–Kier alpha value is -1.27. The molecule has 1 aromatic carbocycles. The summed E-state index contributed by atoms with van der Waals surface area (Å²) in [7, 11) is -1.81. The highest BCUT2D eigenvalue weighted by Gasteiger charge is 2.29. The van der Waals surface area contributed by atoms with Crippen molar-refractivity contribution in [1.82, 2.24) is 4.31 Å². The monoisotopic (exact) mass is 255 g/mol. The zero-order chi connectivity index (χ0) is 12.6. The number of hydrogen-bond acceptors (Lipinski definition) is 4. The summed E-state index contributed by atoms with van der Waals surface area (Å²) in [5, 5.41) is 0. The van der Waals surface area contributed by atoms with Gasteiger partial charge >= 0.3 is 0 Å². The number of nitrogen functional groups attached to an aromatic ring is 1. The van der Waals surface area contributed by atoms with E-state index in [1.54, 1.807) is 19.2 Å². The molecular formula is C11H17N3O2S. The third-order valence-electron chi connectivity index (χ3n) is 3.08. The molecule has 0 saturated carbocycles. The van der Waals surface area contributed by atoms with Gasteiger partial charge in [0.15, 0.2) is 0 Å². The number of nitrogens with zero attached hydrogens (tertiary/aromatic N) is 2. The second-order valence-electron chi connectivity index (χ2n) is 4.13. The van der Waals surface area contributed by atoms with Gasteiger partial charge in [0.25, 0.3) is 0 Å². The minimum atomic E-state index is -3.41. The van der Waals surface area contributed by atoms with Crippen LogP contribution in [0.2, 0.25) is 0 Å². The molecule has 1 aliphatic rings. The number of rotatable bonds is 1. The van der Waals surface area contributed by atoms with Gasteiger partial charge in [-0.2, -0.15) is 4.31 Å². The van der Waals surface area contributed by atoms with Crippen LogP contribution < -0.4 is 10.6 Å². The SMILES string of the molecule is CCN1CCN(C)S(=O)(=O)c2cc(N)ccc21. The standard InChI is InChI=1S/C11H17N3O2S/c1-3-14-7-6-13(2)17(15,16)11-8-9(12)4-5-10(11)14/h4-5,8H,3,6-7,12H2,1-2H3. The highest BCUT2D eigenvalue weighted by Crippen LogP contribution is 2.31. The van der Waals surface area contributed by atoms with Gasteiger partial charge in [0.2, 0.25) is 10.0 Å². The van der Waals surface area contributed by atoms with Crippen LogP contribution in [0.25, 0.3) is 0 Å². The van der Waals surface area contributed by atoms with Crippen molar-refractivity contribution < 1.29 is 8.42 Å². The smallest absolute Gasteiger partial charge is 0.245 e. The molecule has 0 saturated heterocycles. The lowest BCUT2D eigenvalue weighted by molar-refractivity contribution is 0.479. The van der Waals surface area contributed by atoms with E-state index in [0.29, 0.717) is 23.7 Å². The molecule has 2 N–H and O–H groups in total. The molecule has 1 aromatic rings. The minimum Gasteiger partial charge on any atom is -0.399 e. The first-order valence-corrected chi connectivity index (χ1v) is 7.01. The minimum absolute atomic E-state index is 0.305. The second-order valence-corrected chi connectivity index (χ2v) is 6.15. The quantitative estimate of drug-likeness (QED) is 0.751. The summed E-state index contributed by atoms with van der Waals surface area (Å²) in [6.45, 7) is 3.98. The first-order chi connectivity index (χ1) is 7.96. The van der Waals surface area contributed by atoms with E-state index in [0.717, 1.165) is 12.2 Å².